The standard InChI is InChI=1S/C25H30FN3O/c1-19-5-3-8-24(20(19)2)28-13-15-29(16-14-28)25(30)22-9-11-27(12-10-22)18-21-6-4-7-23(26)17-21/h3-9,17H,10-16,18H2,1-2H3. The molecule has 0 N–H and O–H groups in total. The summed E-state index contributed by atoms with van der Waals surface area (Å²) in [5.74, 6) is -0.0167. The van der Waals surface area contributed by atoms with Gasteiger partial charge < -0.3 is 9.80 Å². The Bertz CT molecular complexity index is 947. The van der Waals surface area contributed by atoms with Gasteiger partial charge in [0.2, 0.25) is 5.91 Å². The minimum absolute atomic E-state index is 0.181. The van der Waals surface area contributed by atoms with Gasteiger partial charge in [0.15, 0.2) is 0 Å². The van der Waals surface area contributed by atoms with Crippen LogP contribution in [-0.4, -0.2) is 55.0 Å². The highest BCUT2D eigenvalue weighted by atomic mass is 19.1. The average Bonchev–Trinajstić information content (AvgIpc) is 2.76. The Labute approximate surface area is 178 Å². The fourth-order valence-electron chi connectivity index (χ4n) is 4.37. The zero-order valence-corrected chi connectivity index (χ0v) is 17.9. The van der Waals surface area contributed by atoms with E-state index in [1.807, 2.05) is 11.0 Å². The number of nitrogens with zero attached hydrogens (tertiary/aromatic N) is 3. The molecule has 2 aliphatic heterocycles. The van der Waals surface area contributed by atoms with Gasteiger partial charge in [0.1, 0.15) is 5.82 Å². The van der Waals surface area contributed by atoms with Gasteiger partial charge in [-0.05, 0) is 55.2 Å². The quantitative estimate of drug-likeness (QED) is 0.769. The first kappa shape index (κ1) is 20.6. The zero-order chi connectivity index (χ0) is 21.1. The topological polar surface area (TPSA) is 26.8 Å². The van der Waals surface area contributed by atoms with E-state index in [0.717, 1.165) is 56.8 Å². The Morgan fingerprint density at radius 3 is 2.47 bits per heavy atom. The van der Waals surface area contributed by atoms with Crippen LogP contribution in [0.2, 0.25) is 0 Å². The van der Waals surface area contributed by atoms with E-state index in [-0.39, 0.29) is 11.7 Å². The maximum atomic E-state index is 13.4. The zero-order valence-electron chi connectivity index (χ0n) is 17.9. The molecule has 158 valence electrons. The molecule has 1 amide bonds. The molecule has 0 spiro atoms. The molecule has 0 radical (unpaired) electrons. The van der Waals surface area contributed by atoms with Crippen LogP contribution in [0.1, 0.15) is 23.1 Å². The highest BCUT2D eigenvalue weighted by Crippen LogP contribution is 2.25. The molecule has 2 heterocycles. The number of aryl methyl sites for hydroxylation is 1. The number of amides is 1. The van der Waals surface area contributed by atoms with Crippen LogP contribution in [0.15, 0.2) is 54.1 Å². The second-order valence-electron chi connectivity index (χ2n) is 8.34. The van der Waals surface area contributed by atoms with Crippen molar-refractivity contribution in [2.75, 3.05) is 44.2 Å². The molecule has 0 aliphatic carbocycles. The Balaban J connectivity index is 1.31. The summed E-state index contributed by atoms with van der Waals surface area (Å²) in [5, 5.41) is 0. The summed E-state index contributed by atoms with van der Waals surface area (Å²) < 4.78 is 13.4. The molecule has 0 atom stereocenters. The Kier molecular flexibility index (Phi) is 6.18. The molecule has 30 heavy (non-hydrogen) atoms. The number of anilines is 1. The summed E-state index contributed by atoms with van der Waals surface area (Å²) in [5.41, 5.74) is 5.81. The van der Waals surface area contributed by atoms with Crippen LogP contribution >= 0.6 is 0 Å². The number of halogens is 1. The lowest BCUT2D eigenvalue weighted by Crippen LogP contribution is -2.49. The van der Waals surface area contributed by atoms with Crippen LogP contribution in [0.3, 0.4) is 0 Å². The predicted molar refractivity (Wildman–Crippen MR) is 119 cm³/mol. The lowest BCUT2D eigenvalue weighted by molar-refractivity contribution is -0.127. The number of carbonyl (C=O) groups is 1. The van der Waals surface area contributed by atoms with Crippen molar-refractivity contribution < 1.29 is 9.18 Å². The van der Waals surface area contributed by atoms with Gasteiger partial charge in [0.05, 0.1) is 0 Å². The summed E-state index contributed by atoms with van der Waals surface area (Å²) in [6, 6.07) is 13.2. The maximum Gasteiger partial charge on any atom is 0.249 e. The summed E-state index contributed by atoms with van der Waals surface area (Å²) in [4.78, 5) is 19.6. The van der Waals surface area contributed by atoms with Gasteiger partial charge in [-0.15, -0.1) is 0 Å². The number of rotatable bonds is 4. The lowest BCUT2D eigenvalue weighted by Gasteiger charge is -2.38. The monoisotopic (exact) mass is 407 g/mol. The number of carbonyl (C=O) groups excluding carboxylic acids is 1. The lowest BCUT2D eigenvalue weighted by atomic mass is 10.0. The maximum absolute atomic E-state index is 13.4. The van der Waals surface area contributed by atoms with E-state index in [0.29, 0.717) is 6.54 Å². The first-order valence-electron chi connectivity index (χ1n) is 10.8. The number of piperazine rings is 1. The average molecular weight is 408 g/mol. The van der Waals surface area contributed by atoms with E-state index in [9.17, 15) is 9.18 Å². The van der Waals surface area contributed by atoms with Crippen molar-refractivity contribution in [2.24, 2.45) is 0 Å². The van der Waals surface area contributed by atoms with Crippen LogP contribution in [0.5, 0.6) is 0 Å². The summed E-state index contributed by atoms with van der Waals surface area (Å²) >= 11 is 0. The van der Waals surface area contributed by atoms with Crippen molar-refractivity contribution in [1.29, 1.82) is 0 Å². The third kappa shape index (κ3) is 4.57. The molecule has 1 saturated heterocycles. The van der Waals surface area contributed by atoms with E-state index >= 15 is 0 Å². The molecule has 2 aliphatic rings. The van der Waals surface area contributed by atoms with Gasteiger partial charge in [-0.1, -0.05) is 30.3 Å². The summed E-state index contributed by atoms with van der Waals surface area (Å²) in [7, 11) is 0. The third-order valence-electron chi connectivity index (χ3n) is 6.35. The molecule has 0 aromatic heterocycles. The molecular formula is C25H30FN3O. The van der Waals surface area contributed by atoms with Crippen LogP contribution in [-0.2, 0) is 11.3 Å². The Hall–Kier alpha value is -2.66. The van der Waals surface area contributed by atoms with Gasteiger partial charge in [0.25, 0.3) is 0 Å². The second-order valence-corrected chi connectivity index (χ2v) is 8.34. The third-order valence-corrected chi connectivity index (χ3v) is 6.35. The van der Waals surface area contributed by atoms with Crippen molar-refractivity contribution in [1.82, 2.24) is 9.80 Å². The van der Waals surface area contributed by atoms with Crippen molar-refractivity contribution >= 4 is 11.6 Å². The highest BCUT2D eigenvalue weighted by Gasteiger charge is 2.26. The summed E-state index contributed by atoms with van der Waals surface area (Å²) in [6.45, 7) is 9.86. The summed E-state index contributed by atoms with van der Waals surface area (Å²) in [6.07, 6.45) is 2.81. The molecule has 1 fully saturated rings. The van der Waals surface area contributed by atoms with Crippen molar-refractivity contribution in [3.05, 3.63) is 76.6 Å². The van der Waals surface area contributed by atoms with E-state index < -0.39 is 0 Å². The molecule has 0 saturated carbocycles. The molecule has 5 heteroatoms. The van der Waals surface area contributed by atoms with Crippen molar-refractivity contribution in [3.8, 4) is 0 Å². The van der Waals surface area contributed by atoms with Crippen LogP contribution in [0.4, 0.5) is 10.1 Å². The number of hydrogen-bond acceptors (Lipinski definition) is 3. The van der Waals surface area contributed by atoms with Crippen molar-refractivity contribution in [3.63, 3.8) is 0 Å². The first-order chi connectivity index (χ1) is 14.5. The van der Waals surface area contributed by atoms with Crippen LogP contribution in [0, 0.1) is 19.7 Å². The minimum atomic E-state index is -0.198. The molecule has 4 nitrogen and oxygen atoms in total. The van der Waals surface area contributed by atoms with Gasteiger partial charge in [-0.3, -0.25) is 9.69 Å². The first-order valence-corrected chi connectivity index (χ1v) is 10.8. The normalized spacial score (nSPS) is 17.8. The molecule has 4 rings (SSSR count). The van der Waals surface area contributed by atoms with E-state index in [1.54, 1.807) is 12.1 Å². The largest absolute Gasteiger partial charge is 0.368 e. The fourth-order valence-corrected chi connectivity index (χ4v) is 4.37. The van der Waals surface area contributed by atoms with Gasteiger partial charge >= 0.3 is 0 Å². The van der Waals surface area contributed by atoms with Gasteiger partial charge in [-0.2, -0.15) is 0 Å². The number of benzene rings is 2. The molecule has 0 bridgehead atoms. The van der Waals surface area contributed by atoms with E-state index in [2.05, 4.69) is 47.9 Å². The minimum Gasteiger partial charge on any atom is -0.368 e. The Morgan fingerprint density at radius 2 is 1.77 bits per heavy atom. The van der Waals surface area contributed by atoms with Crippen LogP contribution < -0.4 is 4.90 Å². The number of hydrogen-bond donors (Lipinski definition) is 0. The Morgan fingerprint density at radius 1 is 1.00 bits per heavy atom. The smallest absolute Gasteiger partial charge is 0.249 e. The second kappa shape index (κ2) is 9.00. The van der Waals surface area contributed by atoms with Crippen LogP contribution in [0.25, 0.3) is 0 Å². The van der Waals surface area contributed by atoms with E-state index in [4.69, 9.17) is 0 Å². The molecule has 2 aromatic carbocycles. The van der Waals surface area contributed by atoms with Gasteiger partial charge in [-0.25, -0.2) is 4.39 Å². The molecular weight excluding hydrogens is 377 g/mol. The van der Waals surface area contributed by atoms with E-state index in [1.165, 1.54) is 22.9 Å². The fraction of sp³-hybridized carbons (Fsp3) is 0.400. The van der Waals surface area contributed by atoms with Gasteiger partial charge in [0, 0.05) is 57.1 Å². The SMILES string of the molecule is Cc1cccc(N2CCN(C(=O)C3=CCN(Cc4cccc(F)c4)CC3)CC2)c1C. The molecule has 0 unspecified atom stereocenters. The highest BCUT2D eigenvalue weighted by molar-refractivity contribution is 5.93. The van der Waals surface area contributed by atoms with Crippen molar-refractivity contribution in [2.45, 2.75) is 26.8 Å². The predicted octanol–water partition coefficient (Wildman–Crippen LogP) is 3.92. The molecule has 2 aromatic rings.